The van der Waals surface area contributed by atoms with Crippen LogP contribution in [0, 0.1) is 10.1 Å². The third-order valence-corrected chi connectivity index (χ3v) is 3.55. The molecule has 0 aliphatic heterocycles. The van der Waals surface area contributed by atoms with Crippen LogP contribution in [0.15, 0.2) is 27.1 Å². The molecule has 1 aromatic heterocycles. The summed E-state index contributed by atoms with van der Waals surface area (Å²) in [5.74, 6) is 1.10. The van der Waals surface area contributed by atoms with Crippen molar-refractivity contribution in [2.45, 2.75) is 0 Å². The van der Waals surface area contributed by atoms with E-state index in [4.69, 9.17) is 10.5 Å². The second-order valence-electron chi connectivity index (χ2n) is 3.80. The first-order chi connectivity index (χ1) is 9.90. The van der Waals surface area contributed by atoms with E-state index in [0.29, 0.717) is 20.5 Å². The van der Waals surface area contributed by atoms with E-state index in [2.05, 4.69) is 47.1 Å². The van der Waals surface area contributed by atoms with E-state index in [0.717, 1.165) is 0 Å². The van der Waals surface area contributed by atoms with Crippen LogP contribution in [-0.2, 0) is 0 Å². The highest BCUT2D eigenvalue weighted by Crippen LogP contribution is 2.39. The molecule has 0 saturated carbocycles. The molecule has 0 aliphatic carbocycles. The zero-order valence-corrected chi connectivity index (χ0v) is 13.8. The van der Waals surface area contributed by atoms with Crippen molar-refractivity contribution in [3.63, 3.8) is 0 Å². The standard InChI is InChI=1S/C11H9Br2N5O3/c1-15-8-4-9(17-11(14)16-8)21-10-6(12)2-5(18(19)20)3-7(10)13/h2-4H,1H3,(H3,14,15,16,17). The van der Waals surface area contributed by atoms with Gasteiger partial charge in [-0.3, -0.25) is 10.1 Å². The number of rotatable bonds is 4. The van der Waals surface area contributed by atoms with Gasteiger partial charge in [-0.2, -0.15) is 9.97 Å². The molecule has 0 spiro atoms. The summed E-state index contributed by atoms with van der Waals surface area (Å²) in [5.41, 5.74) is 5.50. The van der Waals surface area contributed by atoms with Crippen LogP contribution in [0.4, 0.5) is 17.5 Å². The smallest absolute Gasteiger partial charge is 0.271 e. The summed E-state index contributed by atoms with van der Waals surface area (Å²) < 4.78 is 6.43. The van der Waals surface area contributed by atoms with Crippen LogP contribution in [-0.4, -0.2) is 21.9 Å². The predicted octanol–water partition coefficient (Wildman–Crippen LogP) is 3.33. The summed E-state index contributed by atoms with van der Waals surface area (Å²) in [7, 11) is 1.68. The normalized spacial score (nSPS) is 10.2. The zero-order chi connectivity index (χ0) is 15.6. The van der Waals surface area contributed by atoms with E-state index in [1.165, 1.54) is 12.1 Å². The lowest BCUT2D eigenvalue weighted by Crippen LogP contribution is -2.01. The molecule has 1 aromatic carbocycles. The summed E-state index contributed by atoms with van der Waals surface area (Å²) in [6.07, 6.45) is 0. The van der Waals surface area contributed by atoms with Crippen LogP contribution < -0.4 is 15.8 Å². The number of hydrogen-bond donors (Lipinski definition) is 2. The predicted molar refractivity (Wildman–Crippen MR) is 84.6 cm³/mol. The van der Waals surface area contributed by atoms with Gasteiger partial charge < -0.3 is 15.8 Å². The fourth-order valence-corrected chi connectivity index (χ4v) is 2.80. The van der Waals surface area contributed by atoms with Gasteiger partial charge in [-0.1, -0.05) is 0 Å². The summed E-state index contributed by atoms with van der Waals surface area (Å²) in [4.78, 5) is 18.2. The van der Waals surface area contributed by atoms with E-state index in [9.17, 15) is 10.1 Å². The monoisotopic (exact) mass is 417 g/mol. The summed E-state index contributed by atoms with van der Waals surface area (Å²) in [5, 5.41) is 13.6. The van der Waals surface area contributed by atoms with Crippen LogP contribution >= 0.6 is 31.9 Å². The number of hydrogen-bond acceptors (Lipinski definition) is 7. The first kappa shape index (κ1) is 15.4. The fourth-order valence-electron chi connectivity index (χ4n) is 1.48. The van der Waals surface area contributed by atoms with Crippen molar-refractivity contribution < 1.29 is 9.66 Å². The first-order valence-electron chi connectivity index (χ1n) is 5.54. The van der Waals surface area contributed by atoms with Gasteiger partial charge in [0.15, 0.2) is 5.75 Å². The van der Waals surface area contributed by atoms with Crippen molar-refractivity contribution in [1.82, 2.24) is 9.97 Å². The second kappa shape index (κ2) is 6.22. The number of ether oxygens (including phenoxy) is 1. The van der Waals surface area contributed by atoms with Crippen LogP contribution in [0.5, 0.6) is 11.6 Å². The fraction of sp³-hybridized carbons (Fsp3) is 0.0909. The average Bonchev–Trinajstić information content (AvgIpc) is 2.41. The van der Waals surface area contributed by atoms with Gasteiger partial charge in [0.2, 0.25) is 11.8 Å². The zero-order valence-electron chi connectivity index (χ0n) is 10.6. The Kier molecular flexibility index (Phi) is 4.58. The number of nitrogens with zero attached hydrogens (tertiary/aromatic N) is 3. The molecule has 0 amide bonds. The Hall–Kier alpha value is -1.94. The quantitative estimate of drug-likeness (QED) is 0.577. The molecule has 8 nitrogen and oxygen atoms in total. The number of benzene rings is 1. The molecule has 10 heteroatoms. The number of nitrogens with one attached hydrogen (secondary N) is 1. The molecular formula is C11H9Br2N5O3. The van der Waals surface area contributed by atoms with Crippen molar-refractivity contribution in [3.8, 4) is 11.6 Å². The Labute approximate surface area is 136 Å². The van der Waals surface area contributed by atoms with E-state index < -0.39 is 4.92 Å². The van der Waals surface area contributed by atoms with Gasteiger partial charge in [0.25, 0.3) is 5.69 Å². The highest BCUT2D eigenvalue weighted by atomic mass is 79.9. The lowest BCUT2D eigenvalue weighted by molar-refractivity contribution is -0.385. The lowest BCUT2D eigenvalue weighted by Gasteiger charge is -2.10. The van der Waals surface area contributed by atoms with Gasteiger partial charge in [-0.15, -0.1) is 0 Å². The molecule has 3 N–H and O–H groups in total. The molecule has 1 heterocycles. The molecule has 110 valence electrons. The number of aromatic nitrogens is 2. The SMILES string of the molecule is CNc1cc(Oc2c(Br)cc([N+](=O)[O-])cc2Br)nc(N)n1. The van der Waals surface area contributed by atoms with Crippen molar-refractivity contribution >= 4 is 49.3 Å². The van der Waals surface area contributed by atoms with Gasteiger partial charge in [0, 0.05) is 25.2 Å². The van der Waals surface area contributed by atoms with Crippen molar-refractivity contribution in [2.75, 3.05) is 18.1 Å². The molecule has 0 bridgehead atoms. The van der Waals surface area contributed by atoms with E-state index >= 15 is 0 Å². The van der Waals surface area contributed by atoms with E-state index in [-0.39, 0.29) is 17.5 Å². The van der Waals surface area contributed by atoms with Gasteiger partial charge in [0.1, 0.15) is 5.82 Å². The third kappa shape index (κ3) is 3.58. The number of non-ortho nitro benzene ring substituents is 1. The average molecular weight is 419 g/mol. The number of nitrogens with two attached hydrogens (primary N) is 1. The van der Waals surface area contributed by atoms with Crippen molar-refractivity contribution in [2.24, 2.45) is 0 Å². The van der Waals surface area contributed by atoms with Gasteiger partial charge >= 0.3 is 0 Å². The molecule has 0 unspecified atom stereocenters. The highest BCUT2D eigenvalue weighted by Gasteiger charge is 2.16. The Balaban J connectivity index is 2.40. The molecule has 2 aromatic rings. The number of nitro benzene ring substituents is 1. The third-order valence-electron chi connectivity index (χ3n) is 2.38. The van der Waals surface area contributed by atoms with Crippen LogP contribution in [0.1, 0.15) is 0 Å². The summed E-state index contributed by atoms with van der Waals surface area (Å²) in [6, 6.07) is 4.23. The maximum absolute atomic E-state index is 10.8. The summed E-state index contributed by atoms with van der Waals surface area (Å²) in [6.45, 7) is 0. The number of halogens is 2. The largest absolute Gasteiger partial charge is 0.436 e. The minimum Gasteiger partial charge on any atom is -0.436 e. The van der Waals surface area contributed by atoms with Gasteiger partial charge in [-0.05, 0) is 31.9 Å². The maximum atomic E-state index is 10.8. The molecule has 0 saturated heterocycles. The Morgan fingerprint density at radius 1 is 1.29 bits per heavy atom. The Morgan fingerprint density at radius 2 is 1.90 bits per heavy atom. The van der Waals surface area contributed by atoms with Gasteiger partial charge in [0.05, 0.1) is 13.9 Å². The molecule has 21 heavy (non-hydrogen) atoms. The van der Waals surface area contributed by atoms with Crippen LogP contribution in [0.3, 0.4) is 0 Å². The second-order valence-corrected chi connectivity index (χ2v) is 5.51. The number of nitro groups is 1. The van der Waals surface area contributed by atoms with Crippen LogP contribution in [0.2, 0.25) is 0 Å². The Morgan fingerprint density at radius 3 is 2.43 bits per heavy atom. The number of anilines is 2. The minimum atomic E-state index is -0.499. The topological polar surface area (TPSA) is 116 Å². The van der Waals surface area contributed by atoms with Crippen LogP contribution in [0.25, 0.3) is 0 Å². The summed E-state index contributed by atoms with van der Waals surface area (Å²) >= 11 is 6.46. The number of nitrogen functional groups attached to an aromatic ring is 1. The van der Waals surface area contributed by atoms with Gasteiger partial charge in [-0.25, -0.2) is 0 Å². The first-order valence-corrected chi connectivity index (χ1v) is 7.13. The Bertz CT molecular complexity index is 687. The molecule has 0 aliphatic rings. The molecule has 0 atom stereocenters. The molecule has 0 radical (unpaired) electrons. The van der Waals surface area contributed by atoms with E-state index in [1.54, 1.807) is 13.1 Å². The maximum Gasteiger partial charge on any atom is 0.271 e. The van der Waals surface area contributed by atoms with E-state index in [1.807, 2.05) is 0 Å². The van der Waals surface area contributed by atoms with Crippen molar-refractivity contribution in [1.29, 1.82) is 0 Å². The molecular weight excluding hydrogens is 410 g/mol. The lowest BCUT2D eigenvalue weighted by atomic mass is 10.3. The molecule has 2 rings (SSSR count). The molecule has 0 fully saturated rings. The van der Waals surface area contributed by atoms with Crippen molar-refractivity contribution in [3.05, 3.63) is 37.3 Å². The minimum absolute atomic E-state index is 0.0472. The highest BCUT2D eigenvalue weighted by molar-refractivity contribution is 9.11.